The van der Waals surface area contributed by atoms with E-state index in [1.807, 2.05) is 0 Å². The lowest BCUT2D eigenvalue weighted by Gasteiger charge is -2.41. The molecular formula is C18H15F13O3. The summed E-state index contributed by atoms with van der Waals surface area (Å²) in [5, 5.41) is 10.1. The SMILES string of the molecule is CCOC(=O)c1ccc(C(C)(O)CC(F)(F)C(F)(F)C(F)(F)C(F)(F)C(F)(F)C(F)(F)F)cc1. The molecule has 0 spiro atoms. The summed E-state index contributed by atoms with van der Waals surface area (Å²) in [6, 6.07) is 2.99. The number of aliphatic hydroxyl groups is 1. The predicted molar refractivity (Wildman–Crippen MR) is 87.4 cm³/mol. The Hall–Kier alpha value is -2.26. The summed E-state index contributed by atoms with van der Waals surface area (Å²) in [5.41, 5.74) is -4.25. The molecule has 0 saturated carbocycles. The summed E-state index contributed by atoms with van der Waals surface area (Å²) in [6.45, 7) is 1.64. The smallest absolute Gasteiger partial charge is 0.460 e. The number of carbonyl (C=O) groups is 1. The highest BCUT2D eigenvalue weighted by atomic mass is 19.4. The molecule has 0 heterocycles. The standard InChI is InChI=1S/C18H15F13O3/c1-3-34-11(32)9-4-6-10(7-5-9)12(2,33)8-13(19,20)14(21,22)15(23,24)16(25,26)17(27,28)18(29,30)31/h4-7,33H,3,8H2,1-2H3. The van der Waals surface area contributed by atoms with E-state index in [1.165, 1.54) is 6.92 Å². The molecule has 0 saturated heterocycles. The number of halogens is 13. The minimum atomic E-state index is -8.02. The molecule has 196 valence electrons. The average molecular weight is 526 g/mol. The van der Waals surface area contributed by atoms with Gasteiger partial charge in [0.25, 0.3) is 0 Å². The Labute approximate surface area is 182 Å². The zero-order valence-electron chi connectivity index (χ0n) is 16.9. The number of hydrogen-bond donors (Lipinski definition) is 1. The number of benzene rings is 1. The van der Waals surface area contributed by atoms with Crippen molar-refractivity contribution in [3.8, 4) is 0 Å². The molecule has 1 N–H and O–H groups in total. The normalized spacial score (nSPS) is 16.2. The fourth-order valence-corrected chi connectivity index (χ4v) is 2.63. The number of esters is 1. The Balaban J connectivity index is 3.37. The first-order valence-corrected chi connectivity index (χ1v) is 8.86. The van der Waals surface area contributed by atoms with E-state index in [0.717, 1.165) is 12.1 Å². The van der Waals surface area contributed by atoms with Gasteiger partial charge in [0.2, 0.25) is 0 Å². The van der Waals surface area contributed by atoms with Crippen LogP contribution in [0, 0.1) is 0 Å². The van der Waals surface area contributed by atoms with Gasteiger partial charge in [-0.2, -0.15) is 57.1 Å². The number of hydrogen-bond acceptors (Lipinski definition) is 3. The lowest BCUT2D eigenvalue weighted by atomic mass is 9.84. The minimum absolute atomic E-state index is 0.0914. The van der Waals surface area contributed by atoms with Crippen LogP contribution in [-0.4, -0.2) is 53.5 Å². The van der Waals surface area contributed by atoms with Crippen LogP contribution >= 0.6 is 0 Å². The zero-order chi connectivity index (χ0) is 27.2. The summed E-state index contributed by atoms with van der Waals surface area (Å²) in [5.74, 6) is -38.7. The maximum atomic E-state index is 14.1. The Bertz CT molecular complexity index is 874. The zero-order valence-corrected chi connectivity index (χ0v) is 16.9. The third-order valence-corrected chi connectivity index (χ3v) is 4.58. The Morgan fingerprint density at radius 3 is 1.56 bits per heavy atom. The van der Waals surface area contributed by atoms with Gasteiger partial charge < -0.3 is 9.84 Å². The highest BCUT2D eigenvalue weighted by Gasteiger charge is 2.90. The Morgan fingerprint density at radius 1 is 0.765 bits per heavy atom. The van der Waals surface area contributed by atoms with E-state index in [1.54, 1.807) is 0 Å². The lowest BCUT2D eigenvalue weighted by molar-refractivity contribution is -0.441. The molecule has 0 aliphatic heterocycles. The van der Waals surface area contributed by atoms with Gasteiger partial charge in [-0.1, -0.05) is 12.1 Å². The molecule has 0 radical (unpaired) electrons. The van der Waals surface area contributed by atoms with Crippen LogP contribution in [0.3, 0.4) is 0 Å². The van der Waals surface area contributed by atoms with E-state index in [0.29, 0.717) is 19.1 Å². The topological polar surface area (TPSA) is 46.5 Å². The molecule has 16 heteroatoms. The van der Waals surface area contributed by atoms with E-state index < -0.39 is 59.3 Å². The summed E-state index contributed by atoms with van der Waals surface area (Å²) < 4.78 is 176. The molecule has 1 rings (SSSR count). The molecule has 1 unspecified atom stereocenters. The number of ether oxygens (including phenoxy) is 1. The van der Waals surface area contributed by atoms with E-state index in [2.05, 4.69) is 4.74 Å². The molecule has 1 atom stereocenters. The molecule has 0 bridgehead atoms. The molecule has 34 heavy (non-hydrogen) atoms. The molecule has 0 aromatic heterocycles. The predicted octanol–water partition coefficient (Wildman–Crippen LogP) is 6.20. The fraction of sp³-hybridized carbons (Fsp3) is 0.611. The summed E-state index contributed by atoms with van der Waals surface area (Å²) >= 11 is 0. The van der Waals surface area contributed by atoms with Gasteiger partial charge in [-0.15, -0.1) is 0 Å². The van der Waals surface area contributed by atoms with Crippen molar-refractivity contribution in [2.45, 2.75) is 61.7 Å². The Kier molecular flexibility index (Phi) is 7.66. The van der Waals surface area contributed by atoms with Crippen molar-refractivity contribution in [1.29, 1.82) is 0 Å². The number of carbonyl (C=O) groups excluding carboxylic acids is 1. The highest BCUT2D eigenvalue weighted by molar-refractivity contribution is 5.89. The molecule has 0 amide bonds. The third kappa shape index (κ3) is 4.77. The molecular weight excluding hydrogens is 511 g/mol. The molecule has 0 aliphatic rings. The largest absolute Gasteiger partial charge is 0.462 e. The minimum Gasteiger partial charge on any atom is -0.462 e. The number of alkyl halides is 13. The third-order valence-electron chi connectivity index (χ3n) is 4.58. The quantitative estimate of drug-likeness (QED) is 0.308. The monoisotopic (exact) mass is 526 g/mol. The van der Waals surface area contributed by atoms with Crippen LogP contribution in [0.25, 0.3) is 0 Å². The van der Waals surface area contributed by atoms with Crippen molar-refractivity contribution >= 4 is 5.97 Å². The van der Waals surface area contributed by atoms with Gasteiger partial charge in [-0.3, -0.25) is 0 Å². The van der Waals surface area contributed by atoms with Gasteiger partial charge in [-0.05, 0) is 31.5 Å². The fourth-order valence-electron chi connectivity index (χ4n) is 2.63. The van der Waals surface area contributed by atoms with Crippen molar-refractivity contribution in [3.05, 3.63) is 35.4 Å². The van der Waals surface area contributed by atoms with Gasteiger partial charge in [-0.25, -0.2) is 4.79 Å². The van der Waals surface area contributed by atoms with E-state index in [9.17, 15) is 67.0 Å². The second-order valence-corrected chi connectivity index (χ2v) is 7.25. The summed E-state index contributed by atoms with van der Waals surface area (Å²) in [4.78, 5) is 11.5. The van der Waals surface area contributed by atoms with Gasteiger partial charge >= 0.3 is 41.8 Å². The van der Waals surface area contributed by atoms with Gasteiger partial charge in [0.1, 0.15) is 0 Å². The Morgan fingerprint density at radius 2 is 1.18 bits per heavy atom. The van der Waals surface area contributed by atoms with Crippen LogP contribution in [0.1, 0.15) is 36.2 Å². The van der Waals surface area contributed by atoms with Crippen LogP contribution in [0.4, 0.5) is 57.1 Å². The van der Waals surface area contributed by atoms with Crippen LogP contribution in [-0.2, 0) is 10.3 Å². The molecule has 3 nitrogen and oxygen atoms in total. The van der Waals surface area contributed by atoms with E-state index >= 15 is 0 Å². The highest BCUT2D eigenvalue weighted by Crippen LogP contribution is 2.61. The second kappa shape index (κ2) is 8.75. The first kappa shape index (κ1) is 29.8. The first-order valence-electron chi connectivity index (χ1n) is 8.86. The van der Waals surface area contributed by atoms with Crippen molar-refractivity contribution < 1.29 is 71.7 Å². The van der Waals surface area contributed by atoms with Crippen molar-refractivity contribution in [3.63, 3.8) is 0 Å². The molecule has 1 aromatic rings. The molecule has 1 aromatic carbocycles. The van der Waals surface area contributed by atoms with Gasteiger partial charge in [0.15, 0.2) is 0 Å². The molecule has 0 aliphatic carbocycles. The lowest BCUT2D eigenvalue weighted by Crippen LogP contribution is -2.70. The van der Waals surface area contributed by atoms with Crippen molar-refractivity contribution in [1.82, 2.24) is 0 Å². The van der Waals surface area contributed by atoms with Crippen LogP contribution in [0.2, 0.25) is 0 Å². The second-order valence-electron chi connectivity index (χ2n) is 7.25. The van der Waals surface area contributed by atoms with Gasteiger partial charge in [0.05, 0.1) is 24.2 Å². The maximum absolute atomic E-state index is 14.1. The van der Waals surface area contributed by atoms with E-state index in [-0.39, 0.29) is 12.2 Å². The maximum Gasteiger partial charge on any atom is 0.460 e. The van der Waals surface area contributed by atoms with Crippen LogP contribution in [0.15, 0.2) is 24.3 Å². The average Bonchev–Trinajstić information content (AvgIpc) is 2.66. The van der Waals surface area contributed by atoms with Crippen LogP contribution < -0.4 is 0 Å². The van der Waals surface area contributed by atoms with Crippen molar-refractivity contribution in [2.75, 3.05) is 6.61 Å². The number of rotatable bonds is 9. The van der Waals surface area contributed by atoms with Crippen LogP contribution in [0.5, 0.6) is 0 Å². The summed E-state index contributed by atoms with van der Waals surface area (Å²) in [7, 11) is 0. The van der Waals surface area contributed by atoms with E-state index in [4.69, 9.17) is 0 Å². The molecule has 0 fully saturated rings. The first-order chi connectivity index (χ1) is 14.9. The van der Waals surface area contributed by atoms with Crippen molar-refractivity contribution in [2.24, 2.45) is 0 Å². The summed E-state index contributed by atoms with van der Waals surface area (Å²) in [6.07, 6.45) is -10.3. The van der Waals surface area contributed by atoms with Gasteiger partial charge in [0, 0.05) is 0 Å².